The van der Waals surface area contributed by atoms with E-state index in [0.717, 1.165) is 87.8 Å². The molecule has 2 aliphatic rings. The maximum absolute atomic E-state index is 13.8. The van der Waals surface area contributed by atoms with Crippen LogP contribution in [0.5, 0.6) is 0 Å². The molecule has 9 heteroatoms. The van der Waals surface area contributed by atoms with Crippen molar-refractivity contribution in [3.8, 4) is 11.1 Å². The van der Waals surface area contributed by atoms with Gasteiger partial charge in [-0.25, -0.2) is 13.4 Å². The van der Waals surface area contributed by atoms with E-state index in [1.165, 1.54) is 16.8 Å². The number of unbranched alkanes of at least 4 members (excludes halogenated alkanes) is 1. The van der Waals surface area contributed by atoms with Gasteiger partial charge in [-0.05, 0) is 90.9 Å². The zero-order chi connectivity index (χ0) is 28.2. The van der Waals surface area contributed by atoms with Gasteiger partial charge in [0.25, 0.3) is 0 Å². The van der Waals surface area contributed by atoms with Gasteiger partial charge in [-0.1, -0.05) is 25.5 Å². The maximum Gasteiger partial charge on any atom is 0.243 e. The molecule has 3 aromatic heterocycles. The lowest BCUT2D eigenvalue weighted by atomic mass is 10.1. The van der Waals surface area contributed by atoms with E-state index < -0.39 is 10.0 Å². The second-order valence-corrected chi connectivity index (χ2v) is 13.8. The Labute approximate surface area is 247 Å². The van der Waals surface area contributed by atoms with Crippen molar-refractivity contribution >= 4 is 38.0 Å². The molecule has 6 rings (SSSR count). The minimum absolute atomic E-state index is 0.0419. The Morgan fingerprint density at radius 1 is 1.02 bits per heavy atom. The normalized spacial score (nSPS) is 18.9. The number of benzene rings is 1. The summed E-state index contributed by atoms with van der Waals surface area (Å²) in [7, 11) is -3.57. The number of hydrogen-bond donors (Lipinski definition) is 0. The predicted molar refractivity (Wildman–Crippen MR) is 168 cm³/mol. The van der Waals surface area contributed by atoms with Crippen molar-refractivity contribution < 1.29 is 8.42 Å². The Kier molecular flexibility index (Phi) is 8.67. The largest absolute Gasteiger partial charge is 0.354 e. The van der Waals surface area contributed by atoms with Crippen LogP contribution in [0.3, 0.4) is 0 Å². The zero-order valence-electron chi connectivity index (χ0n) is 23.8. The molecule has 0 aliphatic carbocycles. The van der Waals surface area contributed by atoms with Gasteiger partial charge in [0.15, 0.2) is 0 Å². The Balaban J connectivity index is 1.09. The number of nitrogens with zero attached hydrogens (tertiary/aromatic N) is 5. The molecule has 1 aromatic carbocycles. The molecule has 216 valence electrons. The van der Waals surface area contributed by atoms with E-state index in [4.69, 9.17) is 4.98 Å². The number of aromatic nitrogens is 2. The van der Waals surface area contributed by atoms with E-state index in [-0.39, 0.29) is 6.04 Å². The standard InChI is InChI=1S/C32H39N5O2S2/c1-2-3-7-28-21-27(26-12-20-40-24-26)22-32(34-28)36-18-16-35(17-19-36)15-11-29-8-5-14-37(29)41(38,39)31-9-4-6-25-23-33-13-10-30(25)31/h4,6,9-10,12-13,20-24,29H,2-3,5,7-8,11,14-19H2,1H3/t29-/m0/s1. The molecule has 2 aliphatic heterocycles. The number of pyridine rings is 2. The molecule has 0 saturated carbocycles. The Morgan fingerprint density at radius 3 is 2.71 bits per heavy atom. The SMILES string of the molecule is CCCCc1cc(-c2ccsc2)cc(N2CCN(CC[C@@H]3CCCN3S(=O)(=O)c3cccc4cnccc34)CC2)n1. The van der Waals surface area contributed by atoms with Gasteiger partial charge in [0.05, 0.1) is 4.90 Å². The van der Waals surface area contributed by atoms with Crippen molar-refractivity contribution in [1.82, 2.24) is 19.2 Å². The molecular formula is C32H39N5O2S2. The number of piperazine rings is 1. The molecule has 0 unspecified atom stereocenters. The van der Waals surface area contributed by atoms with Crippen LogP contribution >= 0.6 is 11.3 Å². The lowest BCUT2D eigenvalue weighted by Crippen LogP contribution is -2.48. The number of fused-ring (bicyclic) bond motifs is 1. The summed E-state index contributed by atoms with van der Waals surface area (Å²) in [5.74, 6) is 1.08. The fraction of sp³-hybridized carbons (Fsp3) is 0.438. The van der Waals surface area contributed by atoms with Crippen LogP contribution in [0.2, 0.25) is 0 Å². The van der Waals surface area contributed by atoms with Crippen LogP contribution in [0.15, 0.2) is 70.5 Å². The number of aryl methyl sites for hydroxylation is 1. The van der Waals surface area contributed by atoms with Crippen molar-refractivity contribution in [2.45, 2.75) is 56.4 Å². The van der Waals surface area contributed by atoms with Crippen LogP contribution in [-0.2, 0) is 16.4 Å². The molecular weight excluding hydrogens is 551 g/mol. The molecule has 0 amide bonds. The number of rotatable bonds is 10. The third kappa shape index (κ3) is 6.18. The number of hydrogen-bond acceptors (Lipinski definition) is 7. The molecule has 2 fully saturated rings. The van der Waals surface area contributed by atoms with Crippen LogP contribution in [0.1, 0.15) is 44.7 Å². The molecule has 2 saturated heterocycles. The van der Waals surface area contributed by atoms with E-state index in [9.17, 15) is 8.42 Å². The van der Waals surface area contributed by atoms with Crippen molar-refractivity contribution in [2.75, 3.05) is 44.2 Å². The minimum atomic E-state index is -3.57. The van der Waals surface area contributed by atoms with Crippen molar-refractivity contribution in [3.63, 3.8) is 0 Å². The third-order valence-electron chi connectivity index (χ3n) is 8.53. The highest BCUT2D eigenvalue weighted by Gasteiger charge is 2.36. The summed E-state index contributed by atoms with van der Waals surface area (Å²) in [4.78, 5) is 14.5. The summed E-state index contributed by atoms with van der Waals surface area (Å²) in [6, 6.07) is 14.0. The first-order valence-corrected chi connectivity index (χ1v) is 17.3. The Morgan fingerprint density at radius 2 is 1.90 bits per heavy atom. The van der Waals surface area contributed by atoms with Crippen LogP contribution < -0.4 is 4.90 Å². The van der Waals surface area contributed by atoms with Gasteiger partial charge >= 0.3 is 0 Å². The van der Waals surface area contributed by atoms with Crippen molar-refractivity contribution in [2.24, 2.45) is 0 Å². The van der Waals surface area contributed by atoms with Gasteiger partial charge in [-0.2, -0.15) is 15.6 Å². The molecule has 4 aromatic rings. The fourth-order valence-electron chi connectivity index (χ4n) is 6.21. The summed E-state index contributed by atoms with van der Waals surface area (Å²) >= 11 is 1.73. The number of anilines is 1. The molecule has 1 atom stereocenters. The topological polar surface area (TPSA) is 69.6 Å². The van der Waals surface area contributed by atoms with Gasteiger partial charge in [-0.15, -0.1) is 0 Å². The van der Waals surface area contributed by atoms with E-state index in [1.54, 1.807) is 34.1 Å². The molecule has 0 N–H and O–H groups in total. The smallest absolute Gasteiger partial charge is 0.243 e. The summed E-state index contributed by atoms with van der Waals surface area (Å²) < 4.78 is 29.3. The minimum Gasteiger partial charge on any atom is -0.354 e. The van der Waals surface area contributed by atoms with Gasteiger partial charge < -0.3 is 4.90 Å². The van der Waals surface area contributed by atoms with Crippen LogP contribution in [0.25, 0.3) is 21.9 Å². The summed E-state index contributed by atoms with van der Waals surface area (Å²) in [5, 5.41) is 5.95. The van der Waals surface area contributed by atoms with E-state index >= 15 is 0 Å². The van der Waals surface area contributed by atoms with Crippen molar-refractivity contribution in [1.29, 1.82) is 0 Å². The van der Waals surface area contributed by atoms with Gasteiger partial charge in [0, 0.05) is 67.6 Å². The van der Waals surface area contributed by atoms with Gasteiger partial charge in [-0.3, -0.25) is 9.88 Å². The van der Waals surface area contributed by atoms with E-state index in [1.807, 2.05) is 18.2 Å². The monoisotopic (exact) mass is 589 g/mol. The summed E-state index contributed by atoms with van der Waals surface area (Å²) in [6.45, 7) is 7.52. The second-order valence-electron chi connectivity index (χ2n) is 11.2. The first kappa shape index (κ1) is 28.3. The molecule has 7 nitrogen and oxygen atoms in total. The molecule has 0 bridgehead atoms. The molecule has 0 radical (unpaired) electrons. The second kappa shape index (κ2) is 12.6. The van der Waals surface area contributed by atoms with E-state index in [0.29, 0.717) is 11.4 Å². The molecule has 0 spiro atoms. The third-order valence-corrected chi connectivity index (χ3v) is 11.2. The van der Waals surface area contributed by atoms with Crippen molar-refractivity contribution in [3.05, 3.63) is 71.3 Å². The average Bonchev–Trinajstić information content (AvgIpc) is 3.72. The highest BCUT2D eigenvalue weighted by atomic mass is 32.2. The highest BCUT2D eigenvalue weighted by Crippen LogP contribution is 2.32. The lowest BCUT2D eigenvalue weighted by molar-refractivity contribution is 0.231. The summed E-state index contributed by atoms with van der Waals surface area (Å²) in [6.07, 6.45) is 9.42. The molecule has 5 heterocycles. The molecule has 41 heavy (non-hydrogen) atoms. The highest BCUT2D eigenvalue weighted by molar-refractivity contribution is 7.89. The fourth-order valence-corrected chi connectivity index (χ4v) is 8.81. The first-order valence-electron chi connectivity index (χ1n) is 14.9. The zero-order valence-corrected chi connectivity index (χ0v) is 25.4. The maximum atomic E-state index is 13.8. The average molecular weight is 590 g/mol. The Hall–Kier alpha value is -2.85. The number of sulfonamides is 1. The summed E-state index contributed by atoms with van der Waals surface area (Å²) in [5.41, 5.74) is 3.71. The Bertz CT molecular complexity index is 1560. The predicted octanol–water partition coefficient (Wildman–Crippen LogP) is 6.07. The lowest BCUT2D eigenvalue weighted by Gasteiger charge is -2.36. The van der Waals surface area contributed by atoms with E-state index in [2.05, 4.69) is 50.7 Å². The quantitative estimate of drug-likeness (QED) is 0.224. The van der Waals surface area contributed by atoms with Crippen LogP contribution in [0.4, 0.5) is 5.82 Å². The first-order chi connectivity index (χ1) is 20.0. The van der Waals surface area contributed by atoms with Crippen LogP contribution in [0, 0.1) is 0 Å². The van der Waals surface area contributed by atoms with Gasteiger partial charge in [0.2, 0.25) is 10.0 Å². The number of thiophene rings is 1. The van der Waals surface area contributed by atoms with Crippen LogP contribution in [-0.4, -0.2) is 72.9 Å². The van der Waals surface area contributed by atoms with Gasteiger partial charge in [0.1, 0.15) is 5.82 Å².